The lowest BCUT2D eigenvalue weighted by molar-refractivity contribution is 0.0519. The zero-order valence-electron chi connectivity index (χ0n) is 9.71. The van der Waals surface area contributed by atoms with Gasteiger partial charge in [-0.05, 0) is 31.2 Å². The van der Waals surface area contributed by atoms with Gasteiger partial charge in [0.2, 0.25) is 0 Å². The third kappa shape index (κ3) is 2.29. The fraction of sp³-hybridized carbons (Fsp3) is 0.154. The highest BCUT2D eigenvalue weighted by Crippen LogP contribution is 2.15. The van der Waals surface area contributed by atoms with Crippen LogP contribution in [0.15, 0.2) is 30.3 Å². The van der Waals surface area contributed by atoms with Gasteiger partial charge in [0.25, 0.3) is 0 Å². The van der Waals surface area contributed by atoms with Crippen molar-refractivity contribution >= 4 is 22.8 Å². The summed E-state index contributed by atoms with van der Waals surface area (Å²) in [4.78, 5) is 26.4. The highest BCUT2D eigenvalue weighted by molar-refractivity contribution is 5.95. The number of aromatic carboxylic acids is 1. The highest BCUT2D eigenvalue weighted by Gasteiger charge is 2.10. The van der Waals surface area contributed by atoms with Crippen molar-refractivity contribution in [2.24, 2.45) is 0 Å². The van der Waals surface area contributed by atoms with Crippen molar-refractivity contribution in [1.82, 2.24) is 4.98 Å². The second-order valence-electron chi connectivity index (χ2n) is 3.63. The predicted octanol–water partition coefficient (Wildman–Crippen LogP) is 2.11. The number of nitrogens with zero attached hydrogens (tertiary/aromatic N) is 1. The minimum atomic E-state index is -0.994. The van der Waals surface area contributed by atoms with Gasteiger partial charge in [0, 0.05) is 5.39 Å². The van der Waals surface area contributed by atoms with Crippen LogP contribution in [0, 0.1) is 0 Å². The summed E-state index contributed by atoms with van der Waals surface area (Å²) in [6.07, 6.45) is 0. The van der Waals surface area contributed by atoms with Crippen LogP contribution in [0.25, 0.3) is 10.9 Å². The number of fused-ring (bicyclic) bond motifs is 1. The van der Waals surface area contributed by atoms with Crippen molar-refractivity contribution in [3.8, 4) is 0 Å². The Kier molecular flexibility index (Phi) is 3.23. The molecule has 5 nitrogen and oxygen atoms in total. The molecule has 0 amide bonds. The Morgan fingerprint density at radius 3 is 2.72 bits per heavy atom. The molecule has 18 heavy (non-hydrogen) atoms. The van der Waals surface area contributed by atoms with E-state index in [4.69, 9.17) is 9.84 Å². The van der Waals surface area contributed by atoms with Crippen LogP contribution in [0.2, 0.25) is 0 Å². The molecule has 0 spiro atoms. The number of pyridine rings is 1. The quantitative estimate of drug-likeness (QED) is 0.838. The van der Waals surface area contributed by atoms with Crippen LogP contribution in [0.4, 0.5) is 0 Å². The number of aromatic nitrogens is 1. The monoisotopic (exact) mass is 245 g/mol. The van der Waals surface area contributed by atoms with Gasteiger partial charge in [-0.3, -0.25) is 0 Å². The van der Waals surface area contributed by atoms with Crippen molar-refractivity contribution < 1.29 is 19.4 Å². The van der Waals surface area contributed by atoms with Crippen molar-refractivity contribution in [2.45, 2.75) is 6.92 Å². The first-order valence-corrected chi connectivity index (χ1v) is 5.43. The molecule has 0 radical (unpaired) electrons. The van der Waals surface area contributed by atoms with Gasteiger partial charge in [0.1, 0.15) is 5.69 Å². The fourth-order valence-electron chi connectivity index (χ4n) is 1.58. The Labute approximate surface area is 103 Å². The first kappa shape index (κ1) is 12.0. The zero-order valence-corrected chi connectivity index (χ0v) is 9.71. The molecule has 0 saturated carbocycles. The lowest BCUT2D eigenvalue weighted by Gasteiger charge is -2.03. The number of ether oxygens (including phenoxy) is 1. The lowest BCUT2D eigenvalue weighted by Crippen LogP contribution is -2.07. The maximum atomic E-state index is 11.5. The molecule has 1 heterocycles. The third-order valence-electron chi connectivity index (χ3n) is 2.42. The van der Waals surface area contributed by atoms with E-state index < -0.39 is 11.9 Å². The van der Waals surface area contributed by atoms with Crippen molar-refractivity contribution in [3.63, 3.8) is 0 Å². The molecule has 0 aliphatic heterocycles. The average molecular weight is 245 g/mol. The van der Waals surface area contributed by atoms with E-state index in [-0.39, 0.29) is 17.9 Å². The molecule has 2 aromatic rings. The van der Waals surface area contributed by atoms with E-state index in [1.807, 2.05) is 0 Å². The molecule has 92 valence electrons. The van der Waals surface area contributed by atoms with E-state index in [1.165, 1.54) is 18.2 Å². The smallest absolute Gasteiger partial charge is 0.356 e. The largest absolute Gasteiger partial charge is 0.478 e. The molecular weight excluding hydrogens is 234 g/mol. The standard InChI is InChI=1S/C13H11NO4/c1-2-18-13(17)11-6-3-8-7-9(12(15)16)4-5-10(8)14-11/h3-7H,2H2,1H3,(H,15,16). The maximum Gasteiger partial charge on any atom is 0.356 e. The highest BCUT2D eigenvalue weighted by atomic mass is 16.5. The fourth-order valence-corrected chi connectivity index (χ4v) is 1.58. The number of carboxylic acid groups (broad SMARTS) is 1. The second-order valence-corrected chi connectivity index (χ2v) is 3.63. The molecule has 5 heteroatoms. The van der Waals surface area contributed by atoms with Gasteiger partial charge in [-0.25, -0.2) is 14.6 Å². The lowest BCUT2D eigenvalue weighted by atomic mass is 10.1. The van der Waals surface area contributed by atoms with Gasteiger partial charge in [0.05, 0.1) is 17.7 Å². The predicted molar refractivity (Wildman–Crippen MR) is 64.7 cm³/mol. The van der Waals surface area contributed by atoms with Gasteiger partial charge in [-0.2, -0.15) is 0 Å². The van der Waals surface area contributed by atoms with Crippen LogP contribution in [0.3, 0.4) is 0 Å². The topological polar surface area (TPSA) is 76.5 Å². The molecule has 1 N–H and O–H groups in total. The molecule has 1 aromatic heterocycles. The van der Waals surface area contributed by atoms with Crippen LogP contribution in [0.5, 0.6) is 0 Å². The van der Waals surface area contributed by atoms with Gasteiger partial charge in [-0.1, -0.05) is 6.07 Å². The van der Waals surface area contributed by atoms with Gasteiger partial charge < -0.3 is 9.84 Å². The zero-order chi connectivity index (χ0) is 13.1. The summed E-state index contributed by atoms with van der Waals surface area (Å²) in [7, 11) is 0. The maximum absolute atomic E-state index is 11.5. The molecule has 2 rings (SSSR count). The second kappa shape index (κ2) is 4.83. The van der Waals surface area contributed by atoms with E-state index in [9.17, 15) is 9.59 Å². The summed E-state index contributed by atoms with van der Waals surface area (Å²) >= 11 is 0. The number of rotatable bonds is 3. The Hall–Kier alpha value is -2.43. The van der Waals surface area contributed by atoms with Crippen LogP contribution in [-0.4, -0.2) is 28.6 Å². The molecule has 0 atom stereocenters. The van der Waals surface area contributed by atoms with E-state index >= 15 is 0 Å². The molecular formula is C13H11NO4. The van der Waals surface area contributed by atoms with Crippen LogP contribution >= 0.6 is 0 Å². The van der Waals surface area contributed by atoms with Crippen LogP contribution in [0.1, 0.15) is 27.8 Å². The Morgan fingerprint density at radius 2 is 2.06 bits per heavy atom. The summed E-state index contributed by atoms with van der Waals surface area (Å²) in [5.74, 6) is -1.48. The molecule has 0 unspecified atom stereocenters. The summed E-state index contributed by atoms with van der Waals surface area (Å²) < 4.78 is 4.84. The number of esters is 1. The van der Waals surface area contributed by atoms with Crippen molar-refractivity contribution in [2.75, 3.05) is 6.61 Å². The molecule has 0 aliphatic carbocycles. The minimum Gasteiger partial charge on any atom is -0.478 e. The van der Waals surface area contributed by atoms with Crippen molar-refractivity contribution in [3.05, 3.63) is 41.6 Å². The Bertz CT molecular complexity index is 621. The Morgan fingerprint density at radius 1 is 1.28 bits per heavy atom. The molecule has 0 fully saturated rings. The number of benzene rings is 1. The van der Waals surface area contributed by atoms with Gasteiger partial charge in [0.15, 0.2) is 0 Å². The normalized spacial score (nSPS) is 10.3. The first-order chi connectivity index (χ1) is 8.61. The number of hydrogen-bond acceptors (Lipinski definition) is 4. The van der Waals surface area contributed by atoms with E-state index in [2.05, 4.69) is 4.98 Å². The molecule has 0 saturated heterocycles. The molecule has 0 bridgehead atoms. The summed E-state index contributed by atoms with van der Waals surface area (Å²) in [5.41, 5.74) is 0.964. The van der Waals surface area contributed by atoms with Crippen LogP contribution < -0.4 is 0 Å². The van der Waals surface area contributed by atoms with Gasteiger partial charge in [-0.15, -0.1) is 0 Å². The number of carbonyl (C=O) groups excluding carboxylic acids is 1. The summed E-state index contributed by atoms with van der Waals surface area (Å²) in [6, 6.07) is 7.71. The Balaban J connectivity index is 2.44. The number of hydrogen-bond donors (Lipinski definition) is 1. The molecule has 0 aliphatic rings. The molecule has 1 aromatic carbocycles. The summed E-state index contributed by atoms with van der Waals surface area (Å²) in [6.45, 7) is 2.01. The number of carboxylic acids is 1. The van der Waals surface area contributed by atoms with E-state index in [1.54, 1.807) is 19.1 Å². The third-order valence-corrected chi connectivity index (χ3v) is 2.42. The minimum absolute atomic E-state index is 0.188. The van der Waals surface area contributed by atoms with E-state index in [0.717, 1.165) is 0 Å². The van der Waals surface area contributed by atoms with Crippen LogP contribution in [-0.2, 0) is 4.74 Å². The number of carbonyl (C=O) groups is 2. The average Bonchev–Trinajstić information content (AvgIpc) is 2.37. The SMILES string of the molecule is CCOC(=O)c1ccc2cc(C(=O)O)ccc2n1. The first-order valence-electron chi connectivity index (χ1n) is 5.43. The van der Waals surface area contributed by atoms with Gasteiger partial charge >= 0.3 is 11.9 Å². The van der Waals surface area contributed by atoms with Crippen molar-refractivity contribution in [1.29, 1.82) is 0 Å². The summed E-state index contributed by atoms with van der Waals surface area (Å²) in [5, 5.41) is 9.53. The van der Waals surface area contributed by atoms with E-state index in [0.29, 0.717) is 10.9 Å².